The van der Waals surface area contributed by atoms with Gasteiger partial charge in [0, 0.05) is 18.0 Å². The minimum absolute atomic E-state index is 0.00921. The van der Waals surface area contributed by atoms with Crippen LogP contribution in [0.5, 0.6) is 0 Å². The lowest BCUT2D eigenvalue weighted by Gasteiger charge is -2.21. The summed E-state index contributed by atoms with van der Waals surface area (Å²) in [5.41, 5.74) is 1.12. The molecule has 0 fully saturated rings. The summed E-state index contributed by atoms with van der Waals surface area (Å²) in [7, 11) is 0. The van der Waals surface area contributed by atoms with Gasteiger partial charge >= 0.3 is 5.97 Å². The van der Waals surface area contributed by atoms with Gasteiger partial charge in [-0.15, -0.1) is 0 Å². The Morgan fingerprint density at radius 1 is 1.71 bits per heavy atom. The number of hydrogen-bond donors (Lipinski definition) is 2. The Hall–Kier alpha value is -1.29. The second-order valence-corrected chi connectivity index (χ2v) is 3.52. The first-order valence-electron chi connectivity index (χ1n) is 4.79. The third kappa shape index (κ3) is 1.80. The fourth-order valence-electron chi connectivity index (χ4n) is 1.91. The van der Waals surface area contributed by atoms with Crippen LogP contribution in [0.1, 0.15) is 30.2 Å². The van der Waals surface area contributed by atoms with Gasteiger partial charge in [-0.05, 0) is 18.9 Å². The molecule has 0 saturated carbocycles. The van der Waals surface area contributed by atoms with Crippen LogP contribution in [-0.2, 0) is 11.2 Å². The van der Waals surface area contributed by atoms with Crippen molar-refractivity contribution in [3.05, 3.63) is 23.7 Å². The van der Waals surface area contributed by atoms with Gasteiger partial charge in [-0.25, -0.2) is 0 Å². The molecule has 0 aliphatic heterocycles. The van der Waals surface area contributed by atoms with Crippen molar-refractivity contribution in [1.29, 1.82) is 0 Å². The minimum atomic E-state index is -0.819. The van der Waals surface area contributed by atoms with Gasteiger partial charge in [0.05, 0.1) is 12.8 Å². The van der Waals surface area contributed by atoms with E-state index in [9.17, 15) is 4.79 Å². The van der Waals surface area contributed by atoms with E-state index in [1.54, 1.807) is 6.26 Å². The van der Waals surface area contributed by atoms with Crippen LogP contribution in [0.3, 0.4) is 0 Å². The highest BCUT2D eigenvalue weighted by Crippen LogP contribution is 2.29. The van der Waals surface area contributed by atoms with Crippen molar-refractivity contribution in [2.75, 3.05) is 6.54 Å². The van der Waals surface area contributed by atoms with E-state index in [0.717, 1.165) is 30.6 Å². The number of carboxylic acids is 1. The predicted molar refractivity (Wildman–Crippen MR) is 50.0 cm³/mol. The first kappa shape index (κ1) is 9.27. The highest BCUT2D eigenvalue weighted by molar-refractivity contribution is 5.69. The lowest BCUT2D eigenvalue weighted by molar-refractivity contribution is -0.136. The molecule has 1 heterocycles. The molecule has 1 atom stereocenters. The van der Waals surface area contributed by atoms with E-state index in [2.05, 4.69) is 5.32 Å². The molecule has 4 nitrogen and oxygen atoms in total. The van der Waals surface area contributed by atoms with E-state index in [-0.39, 0.29) is 12.6 Å². The maximum atomic E-state index is 10.4. The normalized spacial score (nSPS) is 20.4. The first-order chi connectivity index (χ1) is 6.77. The number of furan rings is 1. The largest absolute Gasteiger partial charge is 0.480 e. The van der Waals surface area contributed by atoms with Crippen molar-refractivity contribution in [3.8, 4) is 0 Å². The lowest BCUT2D eigenvalue weighted by atomic mass is 9.93. The van der Waals surface area contributed by atoms with E-state index in [0.29, 0.717) is 0 Å². The summed E-state index contributed by atoms with van der Waals surface area (Å²) < 4.78 is 5.31. The molecule has 4 heteroatoms. The molecule has 76 valence electrons. The number of carbonyl (C=O) groups is 1. The zero-order chi connectivity index (χ0) is 9.97. The standard InChI is InChI=1S/C10H13NO3/c12-10(13)6-11-8-2-1-3-9-7(8)4-5-14-9/h4-5,8,11H,1-3,6H2,(H,12,13). The number of aryl methyl sites for hydroxylation is 1. The molecule has 1 aliphatic carbocycles. The van der Waals surface area contributed by atoms with Crippen molar-refractivity contribution in [3.63, 3.8) is 0 Å². The average molecular weight is 195 g/mol. The van der Waals surface area contributed by atoms with Crippen molar-refractivity contribution in [1.82, 2.24) is 5.32 Å². The molecule has 1 unspecified atom stereocenters. The number of carboxylic acid groups (broad SMARTS) is 1. The summed E-state index contributed by atoms with van der Waals surface area (Å²) in [6.45, 7) is 0.00921. The quantitative estimate of drug-likeness (QED) is 0.763. The van der Waals surface area contributed by atoms with Crippen LogP contribution in [0.4, 0.5) is 0 Å². The van der Waals surface area contributed by atoms with E-state index in [1.807, 2.05) is 6.07 Å². The number of hydrogen-bond acceptors (Lipinski definition) is 3. The minimum Gasteiger partial charge on any atom is -0.480 e. The Bertz CT molecular complexity index is 332. The number of rotatable bonds is 3. The molecule has 2 rings (SSSR count). The summed E-state index contributed by atoms with van der Waals surface area (Å²) >= 11 is 0. The van der Waals surface area contributed by atoms with E-state index < -0.39 is 5.97 Å². The molecule has 1 aromatic heterocycles. The van der Waals surface area contributed by atoms with Crippen LogP contribution in [0.2, 0.25) is 0 Å². The predicted octanol–water partition coefficient (Wildman–Crippen LogP) is 1.33. The zero-order valence-electron chi connectivity index (χ0n) is 7.82. The Kier molecular flexibility index (Phi) is 2.54. The van der Waals surface area contributed by atoms with Crippen LogP contribution in [0.15, 0.2) is 16.7 Å². The maximum Gasteiger partial charge on any atom is 0.317 e. The molecule has 0 bridgehead atoms. The van der Waals surface area contributed by atoms with Crippen LogP contribution in [-0.4, -0.2) is 17.6 Å². The van der Waals surface area contributed by atoms with E-state index in [4.69, 9.17) is 9.52 Å². The van der Waals surface area contributed by atoms with Crippen LogP contribution in [0.25, 0.3) is 0 Å². The molecule has 0 radical (unpaired) electrons. The topological polar surface area (TPSA) is 62.5 Å². The fourth-order valence-corrected chi connectivity index (χ4v) is 1.91. The average Bonchev–Trinajstić information content (AvgIpc) is 2.62. The third-order valence-electron chi connectivity index (χ3n) is 2.55. The Morgan fingerprint density at radius 3 is 3.36 bits per heavy atom. The fraction of sp³-hybridized carbons (Fsp3) is 0.500. The van der Waals surface area contributed by atoms with Crippen molar-refractivity contribution in [2.24, 2.45) is 0 Å². The summed E-state index contributed by atoms with van der Waals surface area (Å²) in [4.78, 5) is 10.4. The smallest absolute Gasteiger partial charge is 0.317 e. The highest BCUT2D eigenvalue weighted by atomic mass is 16.4. The van der Waals surface area contributed by atoms with Crippen LogP contribution >= 0.6 is 0 Å². The van der Waals surface area contributed by atoms with Gasteiger partial charge in [-0.1, -0.05) is 0 Å². The Labute approximate surface area is 81.9 Å². The van der Waals surface area contributed by atoms with Gasteiger partial charge in [0.2, 0.25) is 0 Å². The molecule has 1 aromatic rings. The van der Waals surface area contributed by atoms with Crippen molar-refractivity contribution >= 4 is 5.97 Å². The first-order valence-corrected chi connectivity index (χ1v) is 4.79. The molecular formula is C10H13NO3. The second kappa shape index (κ2) is 3.84. The summed E-state index contributed by atoms with van der Waals surface area (Å²) in [6.07, 6.45) is 4.68. The van der Waals surface area contributed by atoms with Gasteiger partial charge < -0.3 is 9.52 Å². The molecule has 0 spiro atoms. The van der Waals surface area contributed by atoms with E-state index in [1.165, 1.54) is 0 Å². The molecule has 0 saturated heterocycles. The monoisotopic (exact) mass is 195 g/mol. The van der Waals surface area contributed by atoms with Gasteiger partial charge in [-0.2, -0.15) is 0 Å². The molecule has 14 heavy (non-hydrogen) atoms. The van der Waals surface area contributed by atoms with Crippen LogP contribution < -0.4 is 5.32 Å². The Morgan fingerprint density at radius 2 is 2.57 bits per heavy atom. The maximum absolute atomic E-state index is 10.4. The Balaban J connectivity index is 2.05. The summed E-state index contributed by atoms with van der Waals surface area (Å²) in [5, 5.41) is 11.6. The SMILES string of the molecule is O=C(O)CNC1CCCc2occc21. The van der Waals surface area contributed by atoms with Gasteiger partial charge in [0.15, 0.2) is 0 Å². The van der Waals surface area contributed by atoms with Crippen LogP contribution in [0, 0.1) is 0 Å². The van der Waals surface area contributed by atoms with Gasteiger partial charge in [0.25, 0.3) is 0 Å². The van der Waals surface area contributed by atoms with Gasteiger partial charge in [-0.3, -0.25) is 10.1 Å². The van der Waals surface area contributed by atoms with Crippen molar-refractivity contribution in [2.45, 2.75) is 25.3 Å². The third-order valence-corrected chi connectivity index (χ3v) is 2.55. The van der Waals surface area contributed by atoms with E-state index >= 15 is 0 Å². The highest BCUT2D eigenvalue weighted by Gasteiger charge is 2.22. The molecular weight excluding hydrogens is 182 g/mol. The zero-order valence-corrected chi connectivity index (χ0v) is 7.82. The molecule has 2 N–H and O–H groups in total. The number of fused-ring (bicyclic) bond motifs is 1. The number of aliphatic carboxylic acids is 1. The lowest BCUT2D eigenvalue weighted by Crippen LogP contribution is -2.29. The number of nitrogens with one attached hydrogen (secondary N) is 1. The van der Waals surface area contributed by atoms with Crippen molar-refractivity contribution < 1.29 is 14.3 Å². The summed E-state index contributed by atoms with van der Waals surface area (Å²) in [5.74, 6) is 0.180. The molecule has 0 aromatic carbocycles. The molecule has 1 aliphatic rings. The second-order valence-electron chi connectivity index (χ2n) is 3.52. The molecule has 0 amide bonds. The summed E-state index contributed by atoms with van der Waals surface area (Å²) in [6, 6.07) is 2.07. The van der Waals surface area contributed by atoms with Gasteiger partial charge in [0.1, 0.15) is 5.76 Å².